The highest BCUT2D eigenvalue weighted by Gasteiger charge is 2.23. The lowest BCUT2D eigenvalue weighted by molar-refractivity contribution is 0.498. The van der Waals surface area contributed by atoms with Gasteiger partial charge in [-0.3, -0.25) is 8.51 Å². The minimum Gasteiger partial charge on any atom is -0.755 e. The molecule has 0 amide bonds. The van der Waals surface area contributed by atoms with Crippen molar-refractivity contribution in [1.82, 2.24) is 0 Å². The van der Waals surface area contributed by atoms with Gasteiger partial charge in [-0.05, 0) is 49.6 Å². The van der Waals surface area contributed by atoms with E-state index in [2.05, 4.69) is 28.1 Å². The largest absolute Gasteiger partial charge is 0.755 e. The minimum absolute atomic E-state index is 0.511. The van der Waals surface area contributed by atoms with Crippen molar-refractivity contribution < 1.29 is 8.76 Å². The molecule has 22 heavy (non-hydrogen) atoms. The monoisotopic (exact) mass is 380 g/mol. The Morgan fingerprint density at radius 2 is 1.68 bits per heavy atom. The summed E-state index contributed by atoms with van der Waals surface area (Å²) in [4.78, 5) is 0. The fourth-order valence-electron chi connectivity index (χ4n) is 2.34. The SMILES string of the molecule is CC(C)(C)N(c1cccc(-c2cccc(CBr)c2)c1)S(=O)[O-]. The molecule has 0 spiro atoms. The van der Waals surface area contributed by atoms with Gasteiger partial charge in [0.15, 0.2) is 0 Å². The van der Waals surface area contributed by atoms with Gasteiger partial charge in [-0.25, -0.2) is 0 Å². The highest BCUT2D eigenvalue weighted by molar-refractivity contribution is 9.08. The van der Waals surface area contributed by atoms with E-state index in [9.17, 15) is 8.76 Å². The van der Waals surface area contributed by atoms with Crippen molar-refractivity contribution in [3.63, 3.8) is 0 Å². The number of nitrogens with zero attached hydrogens (tertiary/aromatic N) is 1. The van der Waals surface area contributed by atoms with Gasteiger partial charge < -0.3 is 4.55 Å². The Bertz CT molecular complexity index is 682. The number of halogens is 1. The van der Waals surface area contributed by atoms with Gasteiger partial charge in [0, 0.05) is 27.8 Å². The number of alkyl halides is 1. The fraction of sp³-hybridized carbons (Fsp3) is 0.294. The molecule has 1 atom stereocenters. The first kappa shape index (κ1) is 17.2. The Kier molecular flexibility index (Phi) is 5.42. The first-order valence-corrected chi connectivity index (χ1v) is 9.13. The van der Waals surface area contributed by atoms with Crippen molar-refractivity contribution in [3.05, 3.63) is 54.1 Å². The quantitative estimate of drug-likeness (QED) is 0.572. The molecule has 1 unspecified atom stereocenters. The third-order valence-electron chi connectivity index (χ3n) is 3.25. The van der Waals surface area contributed by atoms with E-state index in [0.29, 0.717) is 5.69 Å². The zero-order valence-electron chi connectivity index (χ0n) is 12.9. The van der Waals surface area contributed by atoms with Crippen LogP contribution in [0.25, 0.3) is 11.1 Å². The Hall–Kier alpha value is -1.17. The summed E-state index contributed by atoms with van der Waals surface area (Å²) in [5, 5.41) is 0.791. The maximum absolute atomic E-state index is 11.6. The molecule has 0 radical (unpaired) electrons. The van der Waals surface area contributed by atoms with Crippen molar-refractivity contribution >= 4 is 32.9 Å². The Labute approximate surface area is 142 Å². The summed E-state index contributed by atoms with van der Waals surface area (Å²) >= 11 is 1.14. The zero-order chi connectivity index (χ0) is 16.3. The molecule has 118 valence electrons. The van der Waals surface area contributed by atoms with Crippen LogP contribution in [-0.4, -0.2) is 14.3 Å². The highest BCUT2D eigenvalue weighted by Crippen LogP contribution is 2.30. The zero-order valence-corrected chi connectivity index (χ0v) is 15.3. The van der Waals surface area contributed by atoms with E-state index in [-0.39, 0.29) is 0 Å². The average Bonchev–Trinajstić information content (AvgIpc) is 2.46. The van der Waals surface area contributed by atoms with Crippen LogP contribution in [0.5, 0.6) is 0 Å². The van der Waals surface area contributed by atoms with Crippen LogP contribution in [0.15, 0.2) is 48.5 Å². The number of hydrogen-bond donors (Lipinski definition) is 0. The lowest BCUT2D eigenvalue weighted by Crippen LogP contribution is -2.42. The van der Waals surface area contributed by atoms with Gasteiger partial charge >= 0.3 is 0 Å². The third-order valence-corrected chi connectivity index (χ3v) is 4.96. The number of hydrogen-bond acceptors (Lipinski definition) is 2. The first-order valence-electron chi connectivity index (χ1n) is 6.98. The lowest BCUT2D eigenvalue weighted by Gasteiger charge is -2.38. The number of rotatable bonds is 4. The van der Waals surface area contributed by atoms with Crippen LogP contribution < -0.4 is 4.31 Å². The molecule has 0 N–H and O–H groups in total. The Morgan fingerprint density at radius 3 is 2.23 bits per heavy atom. The van der Waals surface area contributed by atoms with Gasteiger partial charge in [0.1, 0.15) is 0 Å². The van der Waals surface area contributed by atoms with Crippen LogP contribution >= 0.6 is 15.9 Å². The molecular weight excluding hydrogens is 362 g/mol. The van der Waals surface area contributed by atoms with Crippen molar-refractivity contribution in [3.8, 4) is 11.1 Å². The van der Waals surface area contributed by atoms with Gasteiger partial charge in [-0.2, -0.15) is 0 Å². The summed E-state index contributed by atoms with van der Waals surface area (Å²) in [6.45, 7) is 5.63. The van der Waals surface area contributed by atoms with Gasteiger partial charge in [0.05, 0.1) is 0 Å². The summed E-state index contributed by atoms with van der Waals surface area (Å²) in [5.41, 5.74) is 3.41. The summed E-state index contributed by atoms with van der Waals surface area (Å²) in [7, 11) is 0. The van der Waals surface area contributed by atoms with Crippen molar-refractivity contribution in [1.29, 1.82) is 0 Å². The molecule has 0 fully saturated rings. The number of anilines is 1. The van der Waals surface area contributed by atoms with Crippen molar-refractivity contribution in [2.24, 2.45) is 0 Å². The van der Waals surface area contributed by atoms with E-state index in [1.807, 2.05) is 57.2 Å². The van der Waals surface area contributed by atoms with Gasteiger partial charge in [-0.1, -0.05) is 52.3 Å². The van der Waals surface area contributed by atoms with Gasteiger partial charge in [0.25, 0.3) is 0 Å². The normalized spacial score (nSPS) is 13.0. The van der Waals surface area contributed by atoms with Crippen LogP contribution in [0.4, 0.5) is 5.69 Å². The molecule has 0 aliphatic rings. The molecule has 0 heterocycles. The van der Waals surface area contributed by atoms with E-state index >= 15 is 0 Å². The van der Waals surface area contributed by atoms with Crippen LogP contribution in [0, 0.1) is 0 Å². The maximum Gasteiger partial charge on any atom is 0.0494 e. The van der Waals surface area contributed by atoms with E-state index < -0.39 is 16.8 Å². The molecule has 2 aromatic rings. The molecule has 0 bridgehead atoms. The second-order valence-corrected chi connectivity index (χ2v) is 7.43. The molecule has 0 aliphatic carbocycles. The van der Waals surface area contributed by atoms with E-state index in [0.717, 1.165) is 16.5 Å². The van der Waals surface area contributed by atoms with Crippen LogP contribution in [0.2, 0.25) is 0 Å². The average molecular weight is 381 g/mol. The highest BCUT2D eigenvalue weighted by atomic mass is 79.9. The second kappa shape index (κ2) is 6.94. The van der Waals surface area contributed by atoms with Crippen LogP contribution in [0.1, 0.15) is 26.3 Å². The maximum atomic E-state index is 11.6. The van der Waals surface area contributed by atoms with Gasteiger partial charge in [-0.15, -0.1) is 0 Å². The molecule has 0 saturated heterocycles. The number of benzene rings is 2. The molecular formula is C17H19BrNO2S-. The van der Waals surface area contributed by atoms with Crippen LogP contribution in [-0.2, 0) is 16.6 Å². The lowest BCUT2D eigenvalue weighted by atomic mass is 10.0. The second-order valence-electron chi connectivity index (χ2n) is 6.07. The predicted octanol–water partition coefficient (Wildman–Crippen LogP) is 4.65. The predicted molar refractivity (Wildman–Crippen MR) is 95.7 cm³/mol. The molecule has 2 rings (SSSR count). The summed E-state index contributed by atoms with van der Waals surface area (Å²) < 4.78 is 24.6. The summed E-state index contributed by atoms with van der Waals surface area (Å²) in [6.07, 6.45) is 0. The van der Waals surface area contributed by atoms with Gasteiger partial charge in [0.2, 0.25) is 0 Å². The third kappa shape index (κ3) is 3.97. The molecule has 5 heteroatoms. The molecule has 0 saturated carbocycles. The Balaban J connectivity index is 2.47. The molecule has 0 aliphatic heterocycles. The van der Waals surface area contributed by atoms with Crippen molar-refractivity contribution in [2.75, 3.05) is 4.31 Å². The van der Waals surface area contributed by atoms with E-state index in [1.165, 1.54) is 9.87 Å². The summed E-state index contributed by atoms with van der Waals surface area (Å²) in [5.74, 6) is 0. The molecule has 2 aromatic carbocycles. The minimum atomic E-state index is -2.32. The van der Waals surface area contributed by atoms with Crippen LogP contribution in [0.3, 0.4) is 0 Å². The first-order chi connectivity index (χ1) is 10.3. The van der Waals surface area contributed by atoms with Crippen molar-refractivity contribution in [2.45, 2.75) is 31.6 Å². The Morgan fingerprint density at radius 1 is 1.09 bits per heavy atom. The fourth-order valence-corrected chi connectivity index (χ4v) is 3.42. The van der Waals surface area contributed by atoms with E-state index in [4.69, 9.17) is 0 Å². The standard InChI is InChI=1S/C17H20BrNO2S/c1-17(2,3)19(22(20)21)16-9-5-8-15(11-16)14-7-4-6-13(10-14)12-18/h4-11H,12H2,1-3H3,(H,20,21)/p-1. The summed E-state index contributed by atoms with van der Waals surface area (Å²) in [6, 6.07) is 15.8. The molecule has 3 nitrogen and oxygen atoms in total. The molecule has 0 aromatic heterocycles. The smallest absolute Gasteiger partial charge is 0.0494 e. The topological polar surface area (TPSA) is 43.4 Å². The van der Waals surface area contributed by atoms with E-state index in [1.54, 1.807) is 0 Å².